The molecule has 1 atom stereocenters. The summed E-state index contributed by atoms with van der Waals surface area (Å²) in [4.78, 5) is 35.8. The lowest BCUT2D eigenvalue weighted by molar-refractivity contribution is -0.132. The fourth-order valence-electron chi connectivity index (χ4n) is 3.73. The SMILES string of the molecule is CC(C(=O)N1CCN(c2ccc(C(=O)NCCCN(C)C)cn2)CC1)c1ccc(Cl)cc1. The van der Waals surface area contributed by atoms with E-state index in [4.69, 9.17) is 11.6 Å². The Bertz CT molecular complexity index is 894. The molecule has 2 aromatic rings. The van der Waals surface area contributed by atoms with Crippen LogP contribution < -0.4 is 10.2 Å². The van der Waals surface area contributed by atoms with Crippen molar-refractivity contribution in [3.8, 4) is 0 Å². The van der Waals surface area contributed by atoms with E-state index >= 15 is 0 Å². The summed E-state index contributed by atoms with van der Waals surface area (Å²) in [7, 11) is 4.03. The maximum Gasteiger partial charge on any atom is 0.252 e. The largest absolute Gasteiger partial charge is 0.353 e. The van der Waals surface area contributed by atoms with Crippen molar-refractivity contribution in [2.45, 2.75) is 19.3 Å². The summed E-state index contributed by atoms with van der Waals surface area (Å²) in [6.07, 6.45) is 2.53. The first-order chi connectivity index (χ1) is 15.3. The molecule has 2 amide bonds. The summed E-state index contributed by atoms with van der Waals surface area (Å²) in [5, 5.41) is 3.60. The lowest BCUT2D eigenvalue weighted by Gasteiger charge is -2.36. The van der Waals surface area contributed by atoms with E-state index in [1.165, 1.54) is 0 Å². The van der Waals surface area contributed by atoms with Gasteiger partial charge in [-0.1, -0.05) is 23.7 Å². The second-order valence-corrected chi connectivity index (χ2v) is 8.84. The van der Waals surface area contributed by atoms with Gasteiger partial charge in [0.15, 0.2) is 0 Å². The number of carbonyl (C=O) groups excluding carboxylic acids is 2. The molecular weight excluding hydrogens is 426 g/mol. The molecule has 8 heteroatoms. The van der Waals surface area contributed by atoms with Crippen LogP contribution in [0.1, 0.15) is 35.2 Å². The van der Waals surface area contributed by atoms with E-state index in [1.54, 1.807) is 6.20 Å². The third kappa shape index (κ3) is 6.43. The van der Waals surface area contributed by atoms with E-state index in [2.05, 4.69) is 20.1 Å². The van der Waals surface area contributed by atoms with Crippen molar-refractivity contribution in [3.63, 3.8) is 0 Å². The number of anilines is 1. The van der Waals surface area contributed by atoms with Gasteiger partial charge in [-0.25, -0.2) is 4.98 Å². The van der Waals surface area contributed by atoms with Gasteiger partial charge < -0.3 is 20.0 Å². The molecule has 1 aromatic carbocycles. The van der Waals surface area contributed by atoms with Crippen molar-refractivity contribution in [1.82, 2.24) is 20.1 Å². The van der Waals surface area contributed by atoms with Crippen LogP contribution in [0.4, 0.5) is 5.82 Å². The van der Waals surface area contributed by atoms with Gasteiger partial charge in [-0.2, -0.15) is 0 Å². The summed E-state index contributed by atoms with van der Waals surface area (Å²) in [5.74, 6) is 0.648. The first-order valence-corrected chi connectivity index (χ1v) is 11.4. The van der Waals surface area contributed by atoms with Crippen molar-refractivity contribution in [2.24, 2.45) is 0 Å². The number of aromatic nitrogens is 1. The van der Waals surface area contributed by atoms with Gasteiger partial charge in [0.2, 0.25) is 5.91 Å². The van der Waals surface area contributed by atoms with Gasteiger partial charge in [0, 0.05) is 43.9 Å². The highest BCUT2D eigenvalue weighted by molar-refractivity contribution is 6.30. The van der Waals surface area contributed by atoms with Gasteiger partial charge in [-0.15, -0.1) is 0 Å². The van der Waals surface area contributed by atoms with Crippen molar-refractivity contribution >= 4 is 29.2 Å². The Morgan fingerprint density at radius 2 is 1.78 bits per heavy atom. The Hall–Kier alpha value is -2.64. The molecule has 1 saturated heterocycles. The van der Waals surface area contributed by atoms with E-state index in [-0.39, 0.29) is 17.7 Å². The van der Waals surface area contributed by atoms with E-state index < -0.39 is 0 Å². The lowest BCUT2D eigenvalue weighted by atomic mass is 9.99. The third-order valence-corrected chi connectivity index (χ3v) is 5.99. The summed E-state index contributed by atoms with van der Waals surface area (Å²) < 4.78 is 0. The van der Waals surface area contributed by atoms with Crippen LogP contribution in [0.15, 0.2) is 42.6 Å². The van der Waals surface area contributed by atoms with Gasteiger partial charge in [0.05, 0.1) is 11.5 Å². The number of benzene rings is 1. The maximum atomic E-state index is 12.9. The number of nitrogens with one attached hydrogen (secondary N) is 1. The molecule has 1 fully saturated rings. The fourth-order valence-corrected chi connectivity index (χ4v) is 3.86. The highest BCUT2D eigenvalue weighted by Gasteiger charge is 2.26. The predicted molar refractivity (Wildman–Crippen MR) is 128 cm³/mol. The average molecular weight is 458 g/mol. The molecule has 0 aliphatic carbocycles. The molecule has 172 valence electrons. The van der Waals surface area contributed by atoms with E-state index in [0.717, 1.165) is 24.3 Å². The number of hydrogen-bond acceptors (Lipinski definition) is 5. The van der Waals surface area contributed by atoms with Gasteiger partial charge in [0.25, 0.3) is 5.91 Å². The molecule has 1 aromatic heterocycles. The topological polar surface area (TPSA) is 68.8 Å². The van der Waals surface area contributed by atoms with Crippen LogP contribution in [0, 0.1) is 0 Å². The molecule has 1 unspecified atom stereocenters. The molecule has 1 N–H and O–H groups in total. The van der Waals surface area contributed by atoms with Crippen LogP contribution >= 0.6 is 11.6 Å². The quantitative estimate of drug-likeness (QED) is 0.617. The molecule has 1 aliphatic rings. The number of halogens is 1. The number of rotatable bonds is 8. The molecule has 0 spiro atoms. The zero-order valence-corrected chi connectivity index (χ0v) is 19.8. The van der Waals surface area contributed by atoms with Crippen molar-refractivity contribution in [2.75, 3.05) is 58.3 Å². The molecule has 7 nitrogen and oxygen atoms in total. The van der Waals surface area contributed by atoms with Crippen LogP contribution in [0.25, 0.3) is 0 Å². The van der Waals surface area contributed by atoms with Gasteiger partial charge in [-0.05, 0) is 63.8 Å². The minimum atomic E-state index is -0.201. The zero-order valence-electron chi connectivity index (χ0n) is 19.1. The molecule has 1 aliphatic heterocycles. The normalized spacial score (nSPS) is 15.0. The number of hydrogen-bond donors (Lipinski definition) is 1. The number of nitrogens with zero attached hydrogens (tertiary/aromatic N) is 4. The highest BCUT2D eigenvalue weighted by atomic mass is 35.5. The molecule has 32 heavy (non-hydrogen) atoms. The number of pyridine rings is 1. The number of amides is 2. The summed E-state index contributed by atoms with van der Waals surface area (Å²) >= 11 is 5.95. The summed E-state index contributed by atoms with van der Waals surface area (Å²) in [6.45, 7) is 6.22. The first-order valence-electron chi connectivity index (χ1n) is 11.0. The van der Waals surface area contributed by atoms with Crippen molar-refractivity contribution in [1.29, 1.82) is 0 Å². The Morgan fingerprint density at radius 3 is 2.38 bits per heavy atom. The smallest absolute Gasteiger partial charge is 0.252 e. The minimum Gasteiger partial charge on any atom is -0.353 e. The molecule has 0 radical (unpaired) electrons. The Balaban J connectivity index is 1.48. The lowest BCUT2D eigenvalue weighted by Crippen LogP contribution is -2.50. The van der Waals surface area contributed by atoms with Gasteiger partial charge in [-0.3, -0.25) is 9.59 Å². The second kappa shape index (κ2) is 11.3. The van der Waals surface area contributed by atoms with Gasteiger partial charge >= 0.3 is 0 Å². The highest BCUT2D eigenvalue weighted by Crippen LogP contribution is 2.22. The number of carbonyl (C=O) groups is 2. The Morgan fingerprint density at radius 1 is 1.09 bits per heavy atom. The Kier molecular flexibility index (Phi) is 8.47. The summed E-state index contributed by atoms with van der Waals surface area (Å²) in [6, 6.07) is 11.1. The minimum absolute atomic E-state index is 0.102. The van der Waals surface area contributed by atoms with E-state index in [9.17, 15) is 9.59 Å². The summed E-state index contributed by atoms with van der Waals surface area (Å²) in [5.41, 5.74) is 1.53. The van der Waals surface area contributed by atoms with Crippen molar-refractivity contribution < 1.29 is 9.59 Å². The zero-order chi connectivity index (χ0) is 23.1. The van der Waals surface area contributed by atoms with Crippen LogP contribution in [0.5, 0.6) is 0 Å². The molecule has 3 rings (SSSR count). The molecule has 0 bridgehead atoms. The molecular formula is C24H32ClN5O2. The van der Waals surface area contributed by atoms with Gasteiger partial charge in [0.1, 0.15) is 5.82 Å². The van der Waals surface area contributed by atoms with Crippen molar-refractivity contribution in [3.05, 3.63) is 58.7 Å². The fraction of sp³-hybridized carbons (Fsp3) is 0.458. The average Bonchev–Trinajstić information content (AvgIpc) is 2.81. The maximum absolute atomic E-state index is 12.9. The second-order valence-electron chi connectivity index (χ2n) is 8.40. The van der Waals surface area contributed by atoms with Crippen LogP contribution in [-0.4, -0.2) is 80.0 Å². The van der Waals surface area contributed by atoms with Crippen LogP contribution in [-0.2, 0) is 4.79 Å². The van der Waals surface area contributed by atoms with E-state index in [0.29, 0.717) is 43.3 Å². The predicted octanol–water partition coefficient (Wildman–Crippen LogP) is 2.87. The molecule has 2 heterocycles. The van der Waals surface area contributed by atoms with E-state index in [1.807, 2.05) is 62.3 Å². The standard InChI is InChI=1S/C24H32ClN5O2/c1-18(19-5-8-21(25)9-6-19)24(32)30-15-13-29(14-16-30)22-10-7-20(17-27-22)23(31)26-11-4-12-28(2)3/h5-10,17-18H,4,11-16H2,1-3H3,(H,26,31). The van der Waals surface area contributed by atoms with Crippen LogP contribution in [0.3, 0.4) is 0 Å². The molecule has 0 saturated carbocycles. The Labute approximate surface area is 195 Å². The third-order valence-electron chi connectivity index (χ3n) is 5.73. The van der Waals surface area contributed by atoms with Crippen LogP contribution in [0.2, 0.25) is 5.02 Å². The number of piperazine rings is 1. The monoisotopic (exact) mass is 457 g/mol. The first kappa shape index (κ1) is 24.0.